The van der Waals surface area contributed by atoms with Gasteiger partial charge in [-0.05, 0) is 62.3 Å². The fourth-order valence-corrected chi connectivity index (χ4v) is 3.95. The fraction of sp³-hybridized carbons (Fsp3) is 0.545. The van der Waals surface area contributed by atoms with E-state index < -0.39 is 0 Å². The van der Waals surface area contributed by atoms with E-state index in [0.717, 1.165) is 16.5 Å². The molecule has 0 bridgehead atoms. The molecule has 1 aliphatic heterocycles. The van der Waals surface area contributed by atoms with Crippen molar-refractivity contribution in [1.82, 2.24) is 4.90 Å². The van der Waals surface area contributed by atoms with E-state index in [1.165, 1.54) is 0 Å². The van der Waals surface area contributed by atoms with E-state index in [2.05, 4.69) is 13.8 Å². The summed E-state index contributed by atoms with van der Waals surface area (Å²) < 4.78 is 11.3. The van der Waals surface area contributed by atoms with Crippen LogP contribution in [0.1, 0.15) is 43.4 Å². The minimum absolute atomic E-state index is 0.0949. The summed E-state index contributed by atoms with van der Waals surface area (Å²) in [5.74, 6) is 0.436. The summed E-state index contributed by atoms with van der Waals surface area (Å²) >= 11 is 0. The molecule has 1 fully saturated rings. The Balaban J connectivity index is 1.84. The fourth-order valence-electron chi connectivity index (χ4n) is 3.95. The number of aliphatic hydroxyl groups is 1. The number of benzene rings is 1. The summed E-state index contributed by atoms with van der Waals surface area (Å²) in [5.41, 5.74) is 2.19. The van der Waals surface area contributed by atoms with E-state index >= 15 is 0 Å². The first-order chi connectivity index (χ1) is 13.1. The molecule has 28 heavy (non-hydrogen) atoms. The van der Waals surface area contributed by atoms with Crippen LogP contribution in [-0.4, -0.2) is 41.7 Å². The Kier molecular flexibility index (Phi) is 5.53. The topological polar surface area (TPSA) is 80.0 Å². The number of rotatable bonds is 3. The predicted octanol–water partition coefficient (Wildman–Crippen LogP) is 3.11. The van der Waals surface area contributed by atoms with Crippen molar-refractivity contribution >= 4 is 16.9 Å². The molecule has 1 N–H and O–H groups in total. The van der Waals surface area contributed by atoms with E-state index in [1.54, 1.807) is 17.9 Å². The van der Waals surface area contributed by atoms with Crippen molar-refractivity contribution in [2.45, 2.75) is 53.6 Å². The smallest absolute Gasteiger partial charge is 0.339 e. The third-order valence-corrected chi connectivity index (χ3v) is 5.50. The number of ether oxygens (including phenoxy) is 1. The van der Waals surface area contributed by atoms with Gasteiger partial charge in [0.2, 0.25) is 0 Å². The third kappa shape index (κ3) is 4.22. The second kappa shape index (κ2) is 7.59. The van der Waals surface area contributed by atoms with Crippen LogP contribution in [0.2, 0.25) is 0 Å². The number of aryl methyl sites for hydroxylation is 2. The van der Waals surface area contributed by atoms with Crippen LogP contribution in [0.3, 0.4) is 0 Å². The van der Waals surface area contributed by atoms with Crippen molar-refractivity contribution in [3.63, 3.8) is 0 Å². The van der Waals surface area contributed by atoms with E-state index in [-0.39, 0.29) is 29.7 Å². The SMILES string of the molecule is Cc1cc(OCC(=O)N2CCC(O)CC(C)(C)C2)c2c(C)c(C)c(=O)oc2c1. The van der Waals surface area contributed by atoms with Gasteiger partial charge < -0.3 is 19.2 Å². The quantitative estimate of drug-likeness (QED) is 0.819. The summed E-state index contributed by atoms with van der Waals surface area (Å²) in [4.78, 5) is 26.5. The molecule has 1 atom stereocenters. The standard InChI is InChI=1S/C22H29NO5/c1-13-8-17(20-14(2)15(3)21(26)28-18(20)9-13)27-11-19(25)23-7-6-16(24)10-22(4,5)12-23/h8-9,16,24H,6-7,10-12H2,1-5H3. The maximum Gasteiger partial charge on any atom is 0.339 e. The van der Waals surface area contributed by atoms with Gasteiger partial charge in [-0.25, -0.2) is 4.79 Å². The normalized spacial score (nSPS) is 19.5. The van der Waals surface area contributed by atoms with Crippen molar-refractivity contribution in [2.75, 3.05) is 19.7 Å². The molecule has 2 heterocycles. The Labute approximate surface area is 165 Å². The van der Waals surface area contributed by atoms with Gasteiger partial charge in [0.05, 0.1) is 11.5 Å². The average molecular weight is 387 g/mol. The summed E-state index contributed by atoms with van der Waals surface area (Å²) in [6.45, 7) is 10.6. The number of aliphatic hydroxyl groups excluding tert-OH is 1. The van der Waals surface area contributed by atoms with Crippen LogP contribution < -0.4 is 10.4 Å². The number of carbonyl (C=O) groups is 1. The summed E-state index contributed by atoms with van der Waals surface area (Å²) in [5, 5.41) is 10.8. The molecule has 2 aromatic rings. The number of carbonyl (C=O) groups excluding carboxylic acids is 1. The second-order valence-electron chi connectivity index (χ2n) is 8.69. The van der Waals surface area contributed by atoms with Crippen LogP contribution in [-0.2, 0) is 4.79 Å². The van der Waals surface area contributed by atoms with Gasteiger partial charge in [-0.15, -0.1) is 0 Å². The lowest BCUT2D eigenvalue weighted by atomic mass is 9.87. The highest BCUT2D eigenvalue weighted by atomic mass is 16.5. The highest BCUT2D eigenvalue weighted by Crippen LogP contribution is 2.31. The van der Waals surface area contributed by atoms with Gasteiger partial charge in [-0.2, -0.15) is 0 Å². The van der Waals surface area contributed by atoms with Crippen molar-refractivity contribution in [3.8, 4) is 5.75 Å². The minimum Gasteiger partial charge on any atom is -0.483 e. The van der Waals surface area contributed by atoms with Crippen molar-refractivity contribution in [2.24, 2.45) is 5.41 Å². The van der Waals surface area contributed by atoms with Crippen LogP contribution in [0.15, 0.2) is 21.3 Å². The lowest BCUT2D eigenvalue weighted by Crippen LogP contribution is -2.40. The predicted molar refractivity (Wildman–Crippen MR) is 108 cm³/mol. The first-order valence-corrected chi connectivity index (χ1v) is 9.71. The molecular weight excluding hydrogens is 358 g/mol. The van der Waals surface area contributed by atoms with E-state index in [4.69, 9.17) is 9.15 Å². The summed E-state index contributed by atoms with van der Waals surface area (Å²) in [6, 6.07) is 3.66. The van der Waals surface area contributed by atoms with Gasteiger partial charge in [0.1, 0.15) is 11.3 Å². The number of likely N-dealkylation sites (tertiary alicyclic amines) is 1. The first-order valence-electron chi connectivity index (χ1n) is 9.71. The maximum atomic E-state index is 12.8. The Morgan fingerprint density at radius 3 is 2.71 bits per heavy atom. The number of nitrogens with zero attached hydrogens (tertiary/aromatic N) is 1. The van der Waals surface area contributed by atoms with Gasteiger partial charge in [0.25, 0.3) is 5.91 Å². The van der Waals surface area contributed by atoms with Crippen LogP contribution in [0.25, 0.3) is 11.0 Å². The molecule has 1 aliphatic rings. The first kappa shape index (κ1) is 20.4. The van der Waals surface area contributed by atoms with Gasteiger partial charge in [0, 0.05) is 18.7 Å². The van der Waals surface area contributed by atoms with Crippen molar-refractivity contribution in [1.29, 1.82) is 0 Å². The minimum atomic E-state index is -0.386. The number of fused-ring (bicyclic) bond motifs is 1. The lowest BCUT2D eigenvalue weighted by molar-refractivity contribution is -0.134. The molecule has 0 radical (unpaired) electrons. The molecule has 1 aromatic heterocycles. The zero-order chi connectivity index (χ0) is 20.6. The Morgan fingerprint density at radius 1 is 1.29 bits per heavy atom. The largest absolute Gasteiger partial charge is 0.483 e. The Bertz CT molecular complexity index is 960. The maximum absolute atomic E-state index is 12.8. The van der Waals surface area contributed by atoms with Crippen LogP contribution in [0.5, 0.6) is 5.75 Å². The molecule has 1 aromatic carbocycles. The highest BCUT2D eigenvalue weighted by Gasteiger charge is 2.31. The molecule has 1 unspecified atom stereocenters. The van der Waals surface area contributed by atoms with Gasteiger partial charge >= 0.3 is 5.63 Å². The highest BCUT2D eigenvalue weighted by molar-refractivity contribution is 5.88. The molecule has 0 spiro atoms. The Hall–Kier alpha value is -2.34. The number of amides is 1. The molecule has 152 valence electrons. The number of hydrogen-bond donors (Lipinski definition) is 1. The van der Waals surface area contributed by atoms with E-state index in [0.29, 0.717) is 42.8 Å². The average Bonchev–Trinajstić information content (AvgIpc) is 2.73. The lowest BCUT2D eigenvalue weighted by Gasteiger charge is -2.29. The summed E-state index contributed by atoms with van der Waals surface area (Å²) in [7, 11) is 0. The molecule has 0 saturated carbocycles. The molecule has 0 aliphatic carbocycles. The molecular formula is C22H29NO5. The van der Waals surface area contributed by atoms with Gasteiger partial charge in [-0.1, -0.05) is 13.8 Å². The zero-order valence-corrected chi connectivity index (χ0v) is 17.3. The monoisotopic (exact) mass is 387 g/mol. The van der Waals surface area contributed by atoms with Gasteiger partial charge in [0.15, 0.2) is 6.61 Å². The Morgan fingerprint density at radius 2 is 2.00 bits per heavy atom. The molecule has 6 nitrogen and oxygen atoms in total. The summed E-state index contributed by atoms with van der Waals surface area (Å²) in [6.07, 6.45) is 0.867. The molecule has 1 amide bonds. The molecule has 6 heteroatoms. The van der Waals surface area contributed by atoms with Crippen LogP contribution in [0, 0.1) is 26.2 Å². The van der Waals surface area contributed by atoms with E-state index in [1.807, 2.05) is 19.9 Å². The van der Waals surface area contributed by atoms with E-state index in [9.17, 15) is 14.7 Å². The second-order valence-corrected chi connectivity index (χ2v) is 8.69. The van der Waals surface area contributed by atoms with Gasteiger partial charge in [-0.3, -0.25) is 4.79 Å². The van der Waals surface area contributed by atoms with Crippen LogP contribution >= 0.6 is 0 Å². The van der Waals surface area contributed by atoms with Crippen LogP contribution in [0.4, 0.5) is 0 Å². The number of hydrogen-bond acceptors (Lipinski definition) is 5. The third-order valence-electron chi connectivity index (χ3n) is 5.50. The molecule has 3 rings (SSSR count). The van der Waals surface area contributed by atoms with Crippen molar-refractivity contribution < 1.29 is 19.1 Å². The van der Waals surface area contributed by atoms with Crippen molar-refractivity contribution in [3.05, 3.63) is 39.2 Å². The molecule has 1 saturated heterocycles. The zero-order valence-electron chi connectivity index (χ0n) is 17.3.